The summed E-state index contributed by atoms with van der Waals surface area (Å²) in [7, 11) is 0. The van der Waals surface area contributed by atoms with Crippen molar-refractivity contribution in [3.05, 3.63) is 65.7 Å². The highest BCUT2D eigenvalue weighted by molar-refractivity contribution is 5.98. The van der Waals surface area contributed by atoms with Crippen LogP contribution >= 0.6 is 0 Å². The van der Waals surface area contributed by atoms with Crippen LogP contribution in [-0.4, -0.2) is 35.2 Å². The number of benzene rings is 2. The van der Waals surface area contributed by atoms with Gasteiger partial charge in [-0.1, -0.05) is 36.8 Å². The zero-order valence-electron chi connectivity index (χ0n) is 17.8. The van der Waals surface area contributed by atoms with E-state index in [1.54, 1.807) is 31.2 Å². The van der Waals surface area contributed by atoms with Crippen LogP contribution < -0.4 is 10.6 Å². The Labute approximate surface area is 183 Å². The van der Waals surface area contributed by atoms with Crippen LogP contribution in [0.4, 0.5) is 5.69 Å². The lowest BCUT2D eigenvalue weighted by Gasteiger charge is -2.26. The van der Waals surface area contributed by atoms with E-state index in [1.807, 2.05) is 23.1 Å². The maximum Gasteiger partial charge on any atom is 0.254 e. The molecule has 2 N–H and O–H groups in total. The third-order valence-electron chi connectivity index (χ3n) is 6.33. The average molecular weight is 420 g/mol. The van der Waals surface area contributed by atoms with E-state index in [9.17, 15) is 14.4 Å². The van der Waals surface area contributed by atoms with Crippen LogP contribution in [0.25, 0.3) is 0 Å². The Balaban J connectivity index is 1.35. The van der Waals surface area contributed by atoms with Gasteiger partial charge < -0.3 is 15.5 Å². The highest BCUT2D eigenvalue weighted by atomic mass is 16.2. The molecular weight excluding hydrogens is 390 g/mol. The van der Waals surface area contributed by atoms with E-state index >= 15 is 0 Å². The number of carbonyl (C=O) groups is 3. The molecule has 2 aromatic carbocycles. The normalized spacial score (nSPS) is 19.4. The molecule has 1 saturated carbocycles. The molecule has 1 aliphatic heterocycles. The maximum absolute atomic E-state index is 13.1. The topological polar surface area (TPSA) is 78.5 Å². The second-order valence-corrected chi connectivity index (χ2v) is 8.49. The molecule has 31 heavy (non-hydrogen) atoms. The lowest BCUT2D eigenvalue weighted by molar-refractivity contribution is -0.130. The Morgan fingerprint density at radius 3 is 2.29 bits per heavy atom. The summed E-state index contributed by atoms with van der Waals surface area (Å²) >= 11 is 0. The number of amides is 3. The van der Waals surface area contributed by atoms with Crippen LogP contribution in [0.1, 0.15) is 61.0 Å². The van der Waals surface area contributed by atoms with Crippen molar-refractivity contribution in [3.8, 4) is 0 Å². The van der Waals surface area contributed by atoms with Gasteiger partial charge in [0.2, 0.25) is 11.8 Å². The van der Waals surface area contributed by atoms with Gasteiger partial charge in [0.1, 0.15) is 6.04 Å². The van der Waals surface area contributed by atoms with E-state index < -0.39 is 6.04 Å². The molecule has 2 atom stereocenters. The van der Waals surface area contributed by atoms with Gasteiger partial charge in [-0.2, -0.15) is 0 Å². The predicted octanol–water partition coefficient (Wildman–Crippen LogP) is 3.91. The van der Waals surface area contributed by atoms with Gasteiger partial charge in [0.15, 0.2) is 0 Å². The maximum atomic E-state index is 13.1. The Hall–Kier alpha value is -3.15. The van der Waals surface area contributed by atoms with Crippen LogP contribution in [0.15, 0.2) is 54.6 Å². The van der Waals surface area contributed by atoms with E-state index in [4.69, 9.17) is 0 Å². The molecule has 6 nitrogen and oxygen atoms in total. The van der Waals surface area contributed by atoms with Gasteiger partial charge in [-0.25, -0.2) is 0 Å². The fraction of sp³-hybridized carbons (Fsp3) is 0.400. The van der Waals surface area contributed by atoms with Crippen molar-refractivity contribution in [3.63, 3.8) is 0 Å². The van der Waals surface area contributed by atoms with E-state index in [-0.39, 0.29) is 29.7 Å². The summed E-state index contributed by atoms with van der Waals surface area (Å²) in [6, 6.07) is 16.6. The van der Waals surface area contributed by atoms with Crippen LogP contribution in [0.5, 0.6) is 0 Å². The molecule has 2 aliphatic rings. The lowest BCUT2D eigenvalue weighted by atomic mass is 9.84. The fourth-order valence-electron chi connectivity index (χ4n) is 4.21. The van der Waals surface area contributed by atoms with Gasteiger partial charge in [0.25, 0.3) is 5.91 Å². The van der Waals surface area contributed by atoms with Crippen molar-refractivity contribution in [2.45, 2.75) is 51.1 Å². The second kappa shape index (κ2) is 9.33. The fourth-order valence-corrected chi connectivity index (χ4v) is 4.21. The summed E-state index contributed by atoms with van der Waals surface area (Å²) in [6.07, 6.45) is 4.83. The molecule has 1 heterocycles. The molecule has 1 aliphatic carbocycles. The summed E-state index contributed by atoms with van der Waals surface area (Å²) in [5.41, 5.74) is 2.37. The van der Waals surface area contributed by atoms with Crippen molar-refractivity contribution >= 4 is 23.4 Å². The largest absolute Gasteiger partial charge is 0.344 e. The van der Waals surface area contributed by atoms with E-state index in [0.29, 0.717) is 11.3 Å². The number of likely N-dealkylation sites (tertiary alicyclic amines) is 1. The van der Waals surface area contributed by atoms with Crippen LogP contribution in [0.3, 0.4) is 0 Å². The number of rotatable bonds is 6. The SMILES string of the molecule is CC(NC(=O)C1CCC1)C(=O)Nc1ccc(C(=O)N2CCCC2c2ccccc2)cc1. The summed E-state index contributed by atoms with van der Waals surface area (Å²) < 4.78 is 0. The predicted molar refractivity (Wildman–Crippen MR) is 119 cm³/mol. The molecular formula is C25H29N3O3. The van der Waals surface area contributed by atoms with Crippen molar-refractivity contribution in [2.75, 3.05) is 11.9 Å². The van der Waals surface area contributed by atoms with Crippen molar-refractivity contribution in [2.24, 2.45) is 5.92 Å². The van der Waals surface area contributed by atoms with Gasteiger partial charge in [0, 0.05) is 23.7 Å². The number of carbonyl (C=O) groups excluding carboxylic acids is 3. The van der Waals surface area contributed by atoms with Crippen molar-refractivity contribution in [1.29, 1.82) is 0 Å². The second-order valence-electron chi connectivity index (χ2n) is 8.49. The summed E-state index contributed by atoms with van der Waals surface area (Å²) in [6.45, 7) is 2.43. The highest BCUT2D eigenvalue weighted by Crippen LogP contribution is 2.33. The van der Waals surface area contributed by atoms with E-state index in [1.165, 1.54) is 0 Å². The molecule has 0 radical (unpaired) electrons. The van der Waals surface area contributed by atoms with Crippen LogP contribution in [-0.2, 0) is 9.59 Å². The lowest BCUT2D eigenvalue weighted by Crippen LogP contribution is -2.45. The summed E-state index contributed by atoms with van der Waals surface area (Å²) in [5, 5.41) is 5.59. The number of hydrogen-bond acceptors (Lipinski definition) is 3. The van der Waals surface area contributed by atoms with Gasteiger partial charge in [0.05, 0.1) is 6.04 Å². The molecule has 0 spiro atoms. The number of hydrogen-bond donors (Lipinski definition) is 2. The monoisotopic (exact) mass is 419 g/mol. The number of nitrogens with zero attached hydrogens (tertiary/aromatic N) is 1. The Morgan fingerprint density at radius 1 is 0.935 bits per heavy atom. The van der Waals surface area contributed by atoms with E-state index in [2.05, 4.69) is 22.8 Å². The average Bonchev–Trinajstić information content (AvgIpc) is 3.23. The third-order valence-corrected chi connectivity index (χ3v) is 6.33. The van der Waals surface area contributed by atoms with E-state index in [0.717, 1.165) is 44.2 Å². The molecule has 2 fully saturated rings. The van der Waals surface area contributed by atoms with Crippen LogP contribution in [0.2, 0.25) is 0 Å². The zero-order valence-corrected chi connectivity index (χ0v) is 17.8. The molecule has 1 saturated heterocycles. The molecule has 0 bridgehead atoms. The minimum atomic E-state index is -0.606. The van der Waals surface area contributed by atoms with Gasteiger partial charge in [-0.3, -0.25) is 14.4 Å². The van der Waals surface area contributed by atoms with Crippen molar-refractivity contribution < 1.29 is 14.4 Å². The zero-order chi connectivity index (χ0) is 21.8. The van der Waals surface area contributed by atoms with Gasteiger partial charge in [-0.15, -0.1) is 0 Å². The first-order valence-electron chi connectivity index (χ1n) is 11.1. The number of nitrogens with one attached hydrogen (secondary N) is 2. The smallest absolute Gasteiger partial charge is 0.254 e. The molecule has 0 aromatic heterocycles. The molecule has 4 rings (SSSR count). The van der Waals surface area contributed by atoms with Gasteiger partial charge in [-0.05, 0) is 62.4 Å². The highest BCUT2D eigenvalue weighted by Gasteiger charge is 2.30. The minimum absolute atomic E-state index is 0.00496. The first kappa shape index (κ1) is 21.1. The quantitative estimate of drug-likeness (QED) is 0.745. The van der Waals surface area contributed by atoms with Gasteiger partial charge >= 0.3 is 0 Å². The molecule has 6 heteroatoms. The Morgan fingerprint density at radius 2 is 1.65 bits per heavy atom. The third kappa shape index (κ3) is 4.79. The molecule has 162 valence electrons. The Bertz CT molecular complexity index is 938. The van der Waals surface area contributed by atoms with Crippen molar-refractivity contribution in [1.82, 2.24) is 10.2 Å². The molecule has 2 unspecified atom stereocenters. The summed E-state index contributed by atoms with van der Waals surface area (Å²) in [4.78, 5) is 39.5. The first-order valence-corrected chi connectivity index (χ1v) is 11.1. The van der Waals surface area contributed by atoms with Crippen LogP contribution in [0, 0.1) is 5.92 Å². The Kier molecular flexibility index (Phi) is 6.35. The molecule has 2 aromatic rings. The summed E-state index contributed by atoms with van der Waals surface area (Å²) in [5.74, 6) is -0.264. The minimum Gasteiger partial charge on any atom is -0.344 e. The standard InChI is InChI=1S/C25H29N3O3/c1-17(26-24(30)19-9-5-10-19)23(29)27-21-14-12-20(13-15-21)25(31)28-16-6-11-22(28)18-7-3-2-4-8-18/h2-4,7-8,12-15,17,19,22H,5-6,9-11,16H2,1H3,(H,26,30)(H,27,29). The molecule has 3 amide bonds. The first-order chi connectivity index (χ1) is 15.0. The number of anilines is 1.